The Bertz CT molecular complexity index is 556. The van der Waals surface area contributed by atoms with Crippen LogP contribution in [-0.4, -0.2) is 23.1 Å². The first kappa shape index (κ1) is 16.1. The lowest BCUT2D eigenvalue weighted by atomic mass is 9.65. The number of hydrogen-bond donors (Lipinski definition) is 0. The lowest BCUT2D eigenvalue weighted by Gasteiger charge is -2.49. The summed E-state index contributed by atoms with van der Waals surface area (Å²) in [4.78, 5) is 14.8. The van der Waals surface area contributed by atoms with Crippen molar-refractivity contribution in [1.82, 2.24) is 4.90 Å². The quantitative estimate of drug-likeness (QED) is 0.749. The maximum absolute atomic E-state index is 12.8. The van der Waals surface area contributed by atoms with Gasteiger partial charge in [0.15, 0.2) is 0 Å². The minimum absolute atomic E-state index is 0.0756. The van der Waals surface area contributed by atoms with Gasteiger partial charge in [-0.15, -0.1) is 6.58 Å². The molecule has 1 aromatic carbocycles. The van der Waals surface area contributed by atoms with E-state index in [0.29, 0.717) is 18.4 Å². The molecule has 0 unspecified atom stereocenters. The van der Waals surface area contributed by atoms with Crippen LogP contribution in [-0.2, 0) is 11.3 Å². The predicted molar refractivity (Wildman–Crippen MR) is 92.0 cm³/mol. The first-order chi connectivity index (χ1) is 11.2. The fraction of sp³-hybridized carbons (Fsp3) is 0.550. The average molecular weight is 313 g/mol. The summed E-state index contributed by atoms with van der Waals surface area (Å²) in [5.74, 6) is 1.10. The van der Waals surface area contributed by atoms with Crippen molar-refractivity contribution < 1.29 is 9.53 Å². The molecule has 1 amide bonds. The van der Waals surface area contributed by atoms with Crippen molar-refractivity contribution >= 4 is 6.09 Å². The normalized spacial score (nSPS) is 29.9. The molecule has 0 N–H and O–H groups in total. The van der Waals surface area contributed by atoms with Crippen LogP contribution in [0.5, 0.6) is 0 Å². The average Bonchev–Trinajstić information content (AvgIpc) is 2.95. The summed E-state index contributed by atoms with van der Waals surface area (Å²) in [6.45, 7) is 7.41. The molecule has 3 heteroatoms. The van der Waals surface area contributed by atoms with E-state index in [-0.39, 0.29) is 11.6 Å². The first-order valence-electron chi connectivity index (χ1n) is 8.77. The standard InChI is InChI=1S/C20H27NO2/c1-3-13-20-16(2)8-7-11-18(20)12-14-21(20)19(22)23-15-17-9-5-4-6-10-17/h3-6,9-10,16,18H,1,7-8,11-15H2,2H3/t16-,18+,20+/m0/s1. The zero-order chi connectivity index (χ0) is 16.3. The molecule has 1 aromatic rings. The Balaban J connectivity index is 1.74. The van der Waals surface area contributed by atoms with E-state index in [9.17, 15) is 4.79 Å². The van der Waals surface area contributed by atoms with Crippen LogP contribution in [0.15, 0.2) is 43.0 Å². The van der Waals surface area contributed by atoms with Gasteiger partial charge in [-0.3, -0.25) is 0 Å². The molecule has 0 aromatic heterocycles. The third kappa shape index (κ3) is 2.89. The van der Waals surface area contributed by atoms with E-state index in [1.165, 1.54) is 19.3 Å². The van der Waals surface area contributed by atoms with Gasteiger partial charge in [-0.05, 0) is 43.1 Å². The molecule has 0 radical (unpaired) electrons. The van der Waals surface area contributed by atoms with Gasteiger partial charge in [0.2, 0.25) is 0 Å². The minimum atomic E-state index is -0.160. The second-order valence-electron chi connectivity index (χ2n) is 6.99. The zero-order valence-electron chi connectivity index (χ0n) is 14.0. The third-order valence-corrected chi connectivity index (χ3v) is 5.85. The van der Waals surface area contributed by atoms with Crippen molar-refractivity contribution in [3.63, 3.8) is 0 Å². The van der Waals surface area contributed by atoms with Crippen LogP contribution in [0.4, 0.5) is 4.79 Å². The van der Waals surface area contributed by atoms with Gasteiger partial charge in [0, 0.05) is 6.54 Å². The van der Waals surface area contributed by atoms with Crippen LogP contribution in [0.25, 0.3) is 0 Å². The fourth-order valence-corrected chi connectivity index (χ4v) is 4.71. The van der Waals surface area contributed by atoms with Gasteiger partial charge in [-0.1, -0.05) is 49.8 Å². The Kier molecular flexibility index (Phi) is 4.74. The maximum Gasteiger partial charge on any atom is 0.410 e. The van der Waals surface area contributed by atoms with E-state index in [1.807, 2.05) is 41.3 Å². The Hall–Kier alpha value is -1.77. The van der Waals surface area contributed by atoms with Gasteiger partial charge in [-0.25, -0.2) is 4.79 Å². The van der Waals surface area contributed by atoms with Crippen molar-refractivity contribution in [3.05, 3.63) is 48.6 Å². The van der Waals surface area contributed by atoms with Crippen molar-refractivity contribution in [2.75, 3.05) is 6.54 Å². The van der Waals surface area contributed by atoms with Crippen LogP contribution in [0.3, 0.4) is 0 Å². The van der Waals surface area contributed by atoms with Gasteiger partial charge in [0.05, 0.1) is 5.54 Å². The highest BCUT2D eigenvalue weighted by Crippen LogP contribution is 2.50. The van der Waals surface area contributed by atoms with E-state index in [0.717, 1.165) is 24.9 Å². The van der Waals surface area contributed by atoms with Gasteiger partial charge in [0.1, 0.15) is 6.61 Å². The van der Waals surface area contributed by atoms with Crippen LogP contribution in [0.2, 0.25) is 0 Å². The highest BCUT2D eigenvalue weighted by atomic mass is 16.6. The molecule has 3 atom stereocenters. The molecule has 3 nitrogen and oxygen atoms in total. The first-order valence-corrected chi connectivity index (χ1v) is 8.77. The molecule has 2 aliphatic rings. The van der Waals surface area contributed by atoms with E-state index >= 15 is 0 Å². The lowest BCUT2D eigenvalue weighted by Crippen LogP contribution is -2.56. The molecule has 1 aliphatic carbocycles. The van der Waals surface area contributed by atoms with Crippen molar-refractivity contribution in [3.8, 4) is 0 Å². The smallest absolute Gasteiger partial charge is 0.410 e. The van der Waals surface area contributed by atoms with Crippen molar-refractivity contribution in [1.29, 1.82) is 0 Å². The van der Waals surface area contributed by atoms with Crippen molar-refractivity contribution in [2.45, 2.75) is 51.2 Å². The van der Waals surface area contributed by atoms with Gasteiger partial charge in [-0.2, -0.15) is 0 Å². The molecule has 0 bridgehead atoms. The summed E-state index contributed by atoms with van der Waals surface area (Å²) in [5.41, 5.74) is 0.958. The summed E-state index contributed by atoms with van der Waals surface area (Å²) in [5, 5.41) is 0. The minimum Gasteiger partial charge on any atom is -0.445 e. The number of benzene rings is 1. The Labute approximate surface area is 139 Å². The summed E-state index contributed by atoms with van der Waals surface area (Å²) in [6.07, 6.45) is 7.48. The molecular weight excluding hydrogens is 286 g/mol. The molecular formula is C20H27NO2. The van der Waals surface area contributed by atoms with Crippen LogP contribution >= 0.6 is 0 Å². The zero-order valence-corrected chi connectivity index (χ0v) is 14.0. The molecule has 1 saturated carbocycles. The molecule has 0 spiro atoms. The second kappa shape index (κ2) is 6.77. The van der Waals surface area contributed by atoms with E-state index in [4.69, 9.17) is 4.74 Å². The Morgan fingerprint density at radius 1 is 1.35 bits per heavy atom. The summed E-state index contributed by atoms with van der Waals surface area (Å²) in [7, 11) is 0. The number of carbonyl (C=O) groups is 1. The lowest BCUT2D eigenvalue weighted by molar-refractivity contribution is 0.00660. The SMILES string of the molecule is C=CC[C@]12[C@H](CCC[C@@H]1C)CCN2C(=O)OCc1ccccc1. The highest BCUT2D eigenvalue weighted by Gasteiger charge is 2.54. The topological polar surface area (TPSA) is 29.5 Å². The molecule has 23 heavy (non-hydrogen) atoms. The van der Waals surface area contributed by atoms with Gasteiger partial charge < -0.3 is 9.64 Å². The summed E-state index contributed by atoms with van der Waals surface area (Å²) in [6, 6.07) is 9.89. The number of likely N-dealkylation sites (tertiary alicyclic amines) is 1. The molecule has 1 heterocycles. The number of rotatable bonds is 4. The number of nitrogens with zero attached hydrogens (tertiary/aromatic N) is 1. The predicted octanol–water partition coefficient (Wildman–Crippen LogP) is 4.78. The van der Waals surface area contributed by atoms with Gasteiger partial charge in [0.25, 0.3) is 0 Å². The Morgan fingerprint density at radius 3 is 2.87 bits per heavy atom. The summed E-state index contributed by atoms with van der Waals surface area (Å²) < 4.78 is 5.63. The Morgan fingerprint density at radius 2 is 2.13 bits per heavy atom. The third-order valence-electron chi connectivity index (χ3n) is 5.85. The number of hydrogen-bond acceptors (Lipinski definition) is 2. The second-order valence-corrected chi connectivity index (χ2v) is 6.99. The van der Waals surface area contributed by atoms with E-state index in [1.54, 1.807) is 0 Å². The summed E-state index contributed by atoms with van der Waals surface area (Å²) >= 11 is 0. The largest absolute Gasteiger partial charge is 0.445 e. The van der Waals surface area contributed by atoms with Crippen LogP contribution in [0, 0.1) is 11.8 Å². The molecule has 1 aliphatic heterocycles. The van der Waals surface area contributed by atoms with Gasteiger partial charge >= 0.3 is 6.09 Å². The molecule has 1 saturated heterocycles. The van der Waals surface area contributed by atoms with E-state index < -0.39 is 0 Å². The molecule has 2 fully saturated rings. The van der Waals surface area contributed by atoms with Crippen LogP contribution < -0.4 is 0 Å². The number of ether oxygens (including phenoxy) is 1. The number of amides is 1. The fourth-order valence-electron chi connectivity index (χ4n) is 4.71. The molecule has 124 valence electrons. The number of fused-ring (bicyclic) bond motifs is 1. The molecule has 3 rings (SSSR count). The monoisotopic (exact) mass is 313 g/mol. The highest BCUT2D eigenvalue weighted by molar-refractivity contribution is 5.69. The van der Waals surface area contributed by atoms with E-state index in [2.05, 4.69) is 13.5 Å². The van der Waals surface area contributed by atoms with Crippen LogP contribution in [0.1, 0.15) is 44.6 Å². The van der Waals surface area contributed by atoms with Crippen molar-refractivity contribution in [2.24, 2.45) is 11.8 Å². The maximum atomic E-state index is 12.8. The number of carbonyl (C=O) groups excluding carboxylic acids is 1.